The minimum Gasteiger partial charge on any atom is -0.452 e. The molecule has 0 atom stereocenters. The average Bonchev–Trinajstić information content (AvgIpc) is 2.71. The number of carbonyl (C=O) groups excluding carboxylic acids is 3. The Bertz CT molecular complexity index is 1170. The monoisotopic (exact) mass is 407 g/mol. The van der Waals surface area contributed by atoms with Crippen LogP contribution in [0.4, 0.5) is 0 Å². The van der Waals surface area contributed by atoms with Crippen LogP contribution in [-0.2, 0) is 14.9 Å². The van der Waals surface area contributed by atoms with Gasteiger partial charge in [-0.15, -0.1) is 0 Å². The molecule has 1 N–H and O–H groups in total. The van der Waals surface area contributed by atoms with Crippen molar-refractivity contribution < 1.29 is 23.5 Å². The number of para-hydroxylation sites is 1. The Balaban J connectivity index is 1.60. The molecule has 3 aromatic rings. The first-order valence-corrected chi connectivity index (χ1v) is 9.30. The van der Waals surface area contributed by atoms with Gasteiger partial charge in [-0.05, 0) is 35.2 Å². The van der Waals surface area contributed by atoms with Crippen molar-refractivity contribution in [1.29, 1.82) is 0 Å². The average molecular weight is 407 g/mol. The summed E-state index contributed by atoms with van der Waals surface area (Å²) in [5, 5.41) is 2.69. The highest BCUT2D eigenvalue weighted by Gasteiger charge is 2.19. The fraction of sp³-hybridized carbons (Fsp3) is 0.217. The van der Waals surface area contributed by atoms with Gasteiger partial charge in [0.1, 0.15) is 11.1 Å². The highest BCUT2D eigenvalue weighted by molar-refractivity contribution is 6.05. The number of imide groups is 1. The maximum Gasteiger partial charge on any atom is 0.351 e. The lowest BCUT2D eigenvalue weighted by Crippen LogP contribution is -2.34. The molecule has 0 spiro atoms. The summed E-state index contributed by atoms with van der Waals surface area (Å²) in [6, 6.07) is 14.9. The zero-order valence-corrected chi connectivity index (χ0v) is 16.9. The SMILES string of the molecule is CC(C)(C)c1ccc(C(=O)NC(=O)COC(=O)c2cc3ccccc3oc2=O)cc1. The number of hydrogen-bond donors (Lipinski definition) is 1. The van der Waals surface area contributed by atoms with Crippen LogP contribution in [-0.4, -0.2) is 24.4 Å². The summed E-state index contributed by atoms with van der Waals surface area (Å²) in [4.78, 5) is 48.3. The van der Waals surface area contributed by atoms with E-state index < -0.39 is 30.0 Å². The van der Waals surface area contributed by atoms with Crippen molar-refractivity contribution in [2.75, 3.05) is 6.61 Å². The lowest BCUT2D eigenvalue weighted by molar-refractivity contribution is -0.123. The number of fused-ring (bicyclic) bond motifs is 1. The Morgan fingerprint density at radius 2 is 1.67 bits per heavy atom. The van der Waals surface area contributed by atoms with Gasteiger partial charge < -0.3 is 9.15 Å². The van der Waals surface area contributed by atoms with Gasteiger partial charge in [0.25, 0.3) is 11.8 Å². The molecule has 0 unspecified atom stereocenters. The number of benzene rings is 2. The second-order valence-electron chi connectivity index (χ2n) is 7.77. The molecule has 0 aliphatic heterocycles. The molecular formula is C23H21NO6. The van der Waals surface area contributed by atoms with E-state index in [1.54, 1.807) is 36.4 Å². The second kappa shape index (κ2) is 8.32. The van der Waals surface area contributed by atoms with E-state index in [1.165, 1.54) is 6.07 Å². The molecule has 0 saturated carbocycles. The maximum atomic E-state index is 12.2. The predicted molar refractivity (Wildman–Crippen MR) is 110 cm³/mol. The second-order valence-corrected chi connectivity index (χ2v) is 7.77. The van der Waals surface area contributed by atoms with Crippen molar-refractivity contribution in [3.63, 3.8) is 0 Å². The highest BCUT2D eigenvalue weighted by Crippen LogP contribution is 2.22. The number of ether oxygens (including phenoxy) is 1. The third-order valence-corrected chi connectivity index (χ3v) is 4.46. The Kier molecular flexibility index (Phi) is 5.82. The van der Waals surface area contributed by atoms with Crippen molar-refractivity contribution in [3.8, 4) is 0 Å². The highest BCUT2D eigenvalue weighted by atomic mass is 16.5. The largest absolute Gasteiger partial charge is 0.452 e. The molecule has 7 heteroatoms. The van der Waals surface area contributed by atoms with Crippen LogP contribution in [0.25, 0.3) is 11.0 Å². The molecule has 30 heavy (non-hydrogen) atoms. The summed E-state index contributed by atoms with van der Waals surface area (Å²) in [7, 11) is 0. The lowest BCUT2D eigenvalue weighted by Gasteiger charge is -2.18. The summed E-state index contributed by atoms with van der Waals surface area (Å²) in [5.41, 5.74) is 0.431. The minimum absolute atomic E-state index is 0.0610. The molecule has 0 radical (unpaired) electrons. The molecule has 2 aromatic carbocycles. The summed E-state index contributed by atoms with van der Waals surface area (Å²) in [5.74, 6) is -2.42. The summed E-state index contributed by atoms with van der Waals surface area (Å²) < 4.78 is 9.92. The molecule has 1 heterocycles. The number of hydrogen-bond acceptors (Lipinski definition) is 6. The van der Waals surface area contributed by atoms with Crippen LogP contribution in [0.2, 0.25) is 0 Å². The molecule has 0 fully saturated rings. The van der Waals surface area contributed by atoms with Gasteiger partial charge in [-0.3, -0.25) is 14.9 Å². The number of rotatable bonds is 4. The van der Waals surface area contributed by atoms with Crippen LogP contribution in [0, 0.1) is 0 Å². The topological polar surface area (TPSA) is 103 Å². The van der Waals surface area contributed by atoms with E-state index in [0.29, 0.717) is 16.5 Å². The van der Waals surface area contributed by atoms with E-state index in [4.69, 9.17) is 9.15 Å². The standard InChI is InChI=1S/C23H21NO6/c1-23(2,3)16-10-8-14(9-11-16)20(26)24-19(25)13-29-21(27)17-12-15-6-4-5-7-18(15)30-22(17)28/h4-12H,13H2,1-3H3,(H,24,25,26). The predicted octanol–water partition coefficient (Wildman–Crippen LogP) is 3.20. The zero-order chi connectivity index (χ0) is 21.9. The van der Waals surface area contributed by atoms with E-state index >= 15 is 0 Å². The number of esters is 1. The Morgan fingerprint density at radius 3 is 2.33 bits per heavy atom. The van der Waals surface area contributed by atoms with Gasteiger partial charge >= 0.3 is 11.6 Å². The maximum absolute atomic E-state index is 12.2. The van der Waals surface area contributed by atoms with Gasteiger partial charge in [-0.2, -0.15) is 0 Å². The van der Waals surface area contributed by atoms with Crippen molar-refractivity contribution in [2.24, 2.45) is 0 Å². The first-order chi connectivity index (χ1) is 14.1. The van der Waals surface area contributed by atoms with Crippen LogP contribution in [0.3, 0.4) is 0 Å². The summed E-state index contributed by atoms with van der Waals surface area (Å²) in [6.07, 6.45) is 0. The van der Waals surface area contributed by atoms with Crippen LogP contribution < -0.4 is 10.9 Å². The Hall–Kier alpha value is -3.74. The van der Waals surface area contributed by atoms with E-state index in [1.807, 2.05) is 12.1 Å². The zero-order valence-electron chi connectivity index (χ0n) is 16.9. The number of nitrogens with one attached hydrogen (secondary N) is 1. The fourth-order valence-electron chi connectivity index (χ4n) is 2.77. The van der Waals surface area contributed by atoms with Gasteiger partial charge in [0.2, 0.25) is 0 Å². The molecule has 1 aromatic heterocycles. The molecule has 0 aliphatic carbocycles. The van der Waals surface area contributed by atoms with Gasteiger partial charge in [0.05, 0.1) is 0 Å². The van der Waals surface area contributed by atoms with Crippen molar-refractivity contribution in [2.45, 2.75) is 26.2 Å². The fourth-order valence-corrected chi connectivity index (χ4v) is 2.77. The number of amides is 2. The lowest BCUT2D eigenvalue weighted by atomic mass is 9.87. The van der Waals surface area contributed by atoms with Gasteiger partial charge in [-0.25, -0.2) is 9.59 Å². The van der Waals surface area contributed by atoms with Crippen LogP contribution in [0.5, 0.6) is 0 Å². The first-order valence-electron chi connectivity index (χ1n) is 9.30. The normalized spacial score (nSPS) is 11.2. The Morgan fingerprint density at radius 1 is 1.00 bits per heavy atom. The molecule has 0 bridgehead atoms. The molecule has 2 amide bonds. The third kappa shape index (κ3) is 4.81. The van der Waals surface area contributed by atoms with E-state index in [2.05, 4.69) is 26.1 Å². The number of carbonyl (C=O) groups is 3. The third-order valence-electron chi connectivity index (χ3n) is 4.46. The van der Waals surface area contributed by atoms with Crippen LogP contribution >= 0.6 is 0 Å². The molecule has 0 saturated heterocycles. The minimum atomic E-state index is -1.01. The summed E-state index contributed by atoms with van der Waals surface area (Å²) in [6.45, 7) is 5.44. The molecule has 154 valence electrons. The molecule has 0 aliphatic rings. The first kappa shape index (κ1) is 21.0. The van der Waals surface area contributed by atoms with Crippen LogP contribution in [0.15, 0.2) is 63.8 Å². The van der Waals surface area contributed by atoms with E-state index in [9.17, 15) is 19.2 Å². The Labute approximate surface area is 172 Å². The van der Waals surface area contributed by atoms with Crippen molar-refractivity contribution >= 4 is 28.8 Å². The van der Waals surface area contributed by atoms with Crippen molar-refractivity contribution in [3.05, 3.63) is 81.7 Å². The molecule has 7 nitrogen and oxygen atoms in total. The summed E-state index contributed by atoms with van der Waals surface area (Å²) >= 11 is 0. The van der Waals surface area contributed by atoms with Crippen LogP contribution in [0.1, 0.15) is 47.1 Å². The van der Waals surface area contributed by atoms with E-state index in [0.717, 1.165) is 5.56 Å². The van der Waals surface area contributed by atoms with E-state index in [-0.39, 0.29) is 11.0 Å². The molecule has 3 rings (SSSR count). The quantitative estimate of drug-likeness (QED) is 0.526. The molecular weight excluding hydrogens is 386 g/mol. The van der Waals surface area contributed by atoms with Gasteiger partial charge in [-0.1, -0.05) is 51.1 Å². The van der Waals surface area contributed by atoms with Crippen molar-refractivity contribution in [1.82, 2.24) is 5.32 Å². The smallest absolute Gasteiger partial charge is 0.351 e. The van der Waals surface area contributed by atoms with Gasteiger partial charge in [0, 0.05) is 10.9 Å². The van der Waals surface area contributed by atoms with Gasteiger partial charge in [0.15, 0.2) is 6.61 Å².